The van der Waals surface area contributed by atoms with Crippen LogP contribution in [0.3, 0.4) is 0 Å². The summed E-state index contributed by atoms with van der Waals surface area (Å²) < 4.78 is 5.99. The van der Waals surface area contributed by atoms with E-state index in [1.807, 2.05) is 0 Å². The minimum Gasteiger partial charge on any atom is -0.490 e. The molecule has 0 aromatic heterocycles. The molecule has 1 heteroatoms. The van der Waals surface area contributed by atoms with Crippen LogP contribution >= 0.6 is 0 Å². The van der Waals surface area contributed by atoms with Crippen LogP contribution in [0.5, 0.6) is 5.75 Å². The average Bonchev–Trinajstić information content (AvgIpc) is 2.20. The summed E-state index contributed by atoms with van der Waals surface area (Å²) in [5.74, 6) is 1.60. The van der Waals surface area contributed by atoms with Gasteiger partial charge in [0.25, 0.3) is 0 Å². The van der Waals surface area contributed by atoms with Crippen molar-refractivity contribution in [3.8, 4) is 5.75 Å². The molecule has 0 radical (unpaired) electrons. The summed E-state index contributed by atoms with van der Waals surface area (Å²) in [5, 5.41) is 0. The number of hydrogen-bond acceptors (Lipinski definition) is 1. The van der Waals surface area contributed by atoms with Crippen molar-refractivity contribution in [3.05, 3.63) is 29.3 Å². The number of rotatable bonds is 4. The molecule has 1 rings (SSSR count). The predicted molar refractivity (Wildman–Crippen MR) is 65.6 cm³/mol. The zero-order chi connectivity index (χ0) is 11.4. The van der Waals surface area contributed by atoms with Crippen molar-refractivity contribution in [2.45, 2.75) is 53.1 Å². The van der Waals surface area contributed by atoms with Crippen molar-refractivity contribution in [2.24, 2.45) is 0 Å². The van der Waals surface area contributed by atoms with Crippen LogP contribution in [-0.4, -0.2) is 6.10 Å². The maximum absolute atomic E-state index is 5.99. The number of ether oxygens (including phenoxy) is 1. The van der Waals surface area contributed by atoms with Gasteiger partial charge in [0.2, 0.25) is 0 Å². The first-order valence-electron chi connectivity index (χ1n) is 5.82. The average molecular weight is 206 g/mol. The molecule has 0 heterocycles. The zero-order valence-electron chi connectivity index (χ0n) is 10.5. The second kappa shape index (κ2) is 5.20. The van der Waals surface area contributed by atoms with E-state index in [-0.39, 0.29) is 0 Å². The van der Waals surface area contributed by atoms with E-state index in [0.29, 0.717) is 12.0 Å². The van der Waals surface area contributed by atoms with Gasteiger partial charge in [-0.15, -0.1) is 0 Å². The molecule has 1 aromatic rings. The largest absolute Gasteiger partial charge is 0.490 e. The molecule has 0 saturated carbocycles. The summed E-state index contributed by atoms with van der Waals surface area (Å²) >= 11 is 0. The second-order valence-electron chi connectivity index (χ2n) is 4.48. The molecular formula is C14H22O. The molecule has 0 bridgehead atoms. The van der Waals surface area contributed by atoms with Gasteiger partial charge in [-0.3, -0.25) is 0 Å². The molecular weight excluding hydrogens is 184 g/mol. The third kappa shape index (κ3) is 2.98. The molecule has 0 N–H and O–H groups in total. The Kier molecular flexibility index (Phi) is 4.19. The van der Waals surface area contributed by atoms with Gasteiger partial charge in [-0.2, -0.15) is 0 Å². The van der Waals surface area contributed by atoms with Gasteiger partial charge >= 0.3 is 0 Å². The second-order valence-corrected chi connectivity index (χ2v) is 4.48. The lowest BCUT2D eigenvalue weighted by molar-refractivity contribution is 0.213. The van der Waals surface area contributed by atoms with Gasteiger partial charge in [-0.05, 0) is 37.3 Å². The van der Waals surface area contributed by atoms with E-state index < -0.39 is 0 Å². The SMILES string of the molecule is CCC(C)Oc1c(C)cccc1C(C)C. The third-order valence-corrected chi connectivity index (χ3v) is 2.76. The molecule has 0 fully saturated rings. The highest BCUT2D eigenvalue weighted by atomic mass is 16.5. The van der Waals surface area contributed by atoms with E-state index >= 15 is 0 Å². The van der Waals surface area contributed by atoms with E-state index in [0.717, 1.165) is 12.2 Å². The Hall–Kier alpha value is -0.980. The van der Waals surface area contributed by atoms with Gasteiger partial charge in [0, 0.05) is 0 Å². The van der Waals surface area contributed by atoms with Crippen LogP contribution in [0.2, 0.25) is 0 Å². The van der Waals surface area contributed by atoms with E-state index in [1.165, 1.54) is 11.1 Å². The molecule has 0 saturated heterocycles. The Morgan fingerprint density at radius 2 is 1.87 bits per heavy atom. The number of hydrogen-bond donors (Lipinski definition) is 0. The summed E-state index contributed by atoms with van der Waals surface area (Å²) in [6.45, 7) is 10.8. The molecule has 1 unspecified atom stereocenters. The number of benzene rings is 1. The Bertz CT molecular complexity index is 315. The summed E-state index contributed by atoms with van der Waals surface area (Å²) in [4.78, 5) is 0. The lowest BCUT2D eigenvalue weighted by Crippen LogP contribution is -2.12. The first-order valence-corrected chi connectivity index (χ1v) is 5.82. The molecule has 1 aromatic carbocycles. The summed E-state index contributed by atoms with van der Waals surface area (Å²) in [5.41, 5.74) is 2.55. The maximum Gasteiger partial charge on any atom is 0.126 e. The van der Waals surface area contributed by atoms with Crippen LogP contribution in [0.25, 0.3) is 0 Å². The molecule has 1 nitrogen and oxygen atoms in total. The van der Waals surface area contributed by atoms with Crippen LogP contribution in [0, 0.1) is 6.92 Å². The molecule has 0 amide bonds. The first kappa shape index (κ1) is 12.1. The summed E-state index contributed by atoms with van der Waals surface area (Å²) in [6.07, 6.45) is 1.34. The van der Waals surface area contributed by atoms with Crippen molar-refractivity contribution >= 4 is 0 Å². The molecule has 0 aliphatic heterocycles. The highest BCUT2D eigenvalue weighted by molar-refractivity contribution is 5.42. The van der Waals surface area contributed by atoms with E-state index in [1.54, 1.807) is 0 Å². The van der Waals surface area contributed by atoms with Crippen LogP contribution in [0.15, 0.2) is 18.2 Å². The normalized spacial score (nSPS) is 12.9. The lowest BCUT2D eigenvalue weighted by Gasteiger charge is -2.20. The molecule has 0 spiro atoms. The molecule has 0 aliphatic carbocycles. The smallest absolute Gasteiger partial charge is 0.126 e. The molecule has 0 aliphatic rings. The number of aryl methyl sites for hydroxylation is 1. The topological polar surface area (TPSA) is 9.23 Å². The van der Waals surface area contributed by atoms with Gasteiger partial charge in [0.05, 0.1) is 6.10 Å². The fraction of sp³-hybridized carbons (Fsp3) is 0.571. The number of para-hydroxylation sites is 1. The summed E-state index contributed by atoms with van der Waals surface area (Å²) in [7, 11) is 0. The fourth-order valence-electron chi connectivity index (χ4n) is 1.58. The van der Waals surface area contributed by atoms with Crippen LogP contribution in [0.4, 0.5) is 0 Å². The summed E-state index contributed by atoms with van der Waals surface area (Å²) in [6, 6.07) is 6.38. The van der Waals surface area contributed by atoms with Gasteiger partial charge in [-0.25, -0.2) is 0 Å². The minimum absolute atomic E-state index is 0.295. The van der Waals surface area contributed by atoms with Crippen LogP contribution in [-0.2, 0) is 0 Å². The van der Waals surface area contributed by atoms with Crippen molar-refractivity contribution < 1.29 is 4.74 Å². The van der Waals surface area contributed by atoms with Crippen molar-refractivity contribution in [3.63, 3.8) is 0 Å². The zero-order valence-corrected chi connectivity index (χ0v) is 10.5. The van der Waals surface area contributed by atoms with Gasteiger partial charge in [0.15, 0.2) is 0 Å². The Labute approximate surface area is 93.5 Å². The Balaban J connectivity index is 3.02. The predicted octanol–water partition coefficient (Wildman–Crippen LogP) is 4.30. The van der Waals surface area contributed by atoms with Crippen LogP contribution in [0.1, 0.15) is 51.2 Å². The molecule has 84 valence electrons. The van der Waals surface area contributed by atoms with Gasteiger partial charge in [0.1, 0.15) is 5.75 Å². The lowest BCUT2D eigenvalue weighted by atomic mass is 9.99. The maximum atomic E-state index is 5.99. The van der Waals surface area contributed by atoms with Gasteiger partial charge in [-0.1, -0.05) is 39.0 Å². The van der Waals surface area contributed by atoms with E-state index in [2.05, 4.69) is 52.8 Å². The van der Waals surface area contributed by atoms with Gasteiger partial charge < -0.3 is 4.74 Å². The third-order valence-electron chi connectivity index (χ3n) is 2.76. The van der Waals surface area contributed by atoms with Crippen molar-refractivity contribution in [2.75, 3.05) is 0 Å². The highest BCUT2D eigenvalue weighted by Crippen LogP contribution is 2.30. The molecule has 1 atom stereocenters. The van der Waals surface area contributed by atoms with Crippen molar-refractivity contribution in [1.82, 2.24) is 0 Å². The monoisotopic (exact) mass is 206 g/mol. The Morgan fingerprint density at radius 1 is 1.20 bits per heavy atom. The van der Waals surface area contributed by atoms with Crippen molar-refractivity contribution in [1.29, 1.82) is 0 Å². The minimum atomic E-state index is 0.295. The Morgan fingerprint density at radius 3 is 2.40 bits per heavy atom. The fourth-order valence-corrected chi connectivity index (χ4v) is 1.58. The van der Waals surface area contributed by atoms with Crippen LogP contribution < -0.4 is 4.74 Å². The first-order chi connectivity index (χ1) is 7.06. The standard InChI is InChI=1S/C14H22O/c1-6-12(5)15-14-11(4)8-7-9-13(14)10(2)3/h7-10,12H,6H2,1-5H3. The van der Waals surface area contributed by atoms with E-state index in [9.17, 15) is 0 Å². The quantitative estimate of drug-likeness (QED) is 0.714. The highest BCUT2D eigenvalue weighted by Gasteiger charge is 2.12. The van der Waals surface area contributed by atoms with E-state index in [4.69, 9.17) is 4.74 Å². The molecule has 15 heavy (non-hydrogen) atoms.